The maximum absolute atomic E-state index is 12.2. The van der Waals surface area contributed by atoms with Gasteiger partial charge in [0.15, 0.2) is 0 Å². The van der Waals surface area contributed by atoms with E-state index in [1.807, 2.05) is 38.1 Å². The van der Waals surface area contributed by atoms with Gasteiger partial charge in [-0.05, 0) is 50.8 Å². The number of nitrogens with zero attached hydrogens (tertiary/aromatic N) is 1. The average molecular weight is 471 g/mol. The molecule has 2 amide bonds. The Kier molecular flexibility index (Phi) is 5.08. The Morgan fingerprint density at radius 3 is 2.28 bits per heavy atom. The number of nitrogens with one attached hydrogen (secondary N) is 2. The fourth-order valence-corrected chi connectivity index (χ4v) is 4.16. The van der Waals surface area contributed by atoms with E-state index in [0.717, 1.165) is 36.9 Å². The summed E-state index contributed by atoms with van der Waals surface area (Å²) >= 11 is 6.96. The topological polar surface area (TPSA) is 70.6 Å². The first-order valence-corrected chi connectivity index (χ1v) is 9.95. The van der Waals surface area contributed by atoms with E-state index in [1.165, 1.54) is 0 Å². The molecule has 0 spiro atoms. The van der Waals surface area contributed by atoms with Crippen molar-refractivity contribution in [3.8, 4) is 0 Å². The van der Waals surface area contributed by atoms with E-state index in [9.17, 15) is 9.59 Å². The summed E-state index contributed by atoms with van der Waals surface area (Å²) in [6.45, 7) is 3.73. The zero-order valence-electron chi connectivity index (χ0n) is 14.2. The van der Waals surface area contributed by atoms with E-state index in [4.69, 9.17) is 0 Å². The fourth-order valence-electron chi connectivity index (χ4n) is 2.68. The quantitative estimate of drug-likeness (QED) is 0.385. The number of hydrogen-bond donors (Lipinski definition) is 2. The number of anilines is 1. The number of rotatable bonds is 5. The van der Waals surface area contributed by atoms with Gasteiger partial charge in [-0.3, -0.25) is 9.59 Å². The van der Waals surface area contributed by atoms with Crippen molar-refractivity contribution >= 4 is 55.1 Å². The Morgan fingerprint density at radius 1 is 1.20 bits per heavy atom. The fraction of sp³-hybridized carbons (Fsp3) is 0.500. The van der Waals surface area contributed by atoms with Crippen LogP contribution in [0.1, 0.15) is 45.1 Å². The van der Waals surface area contributed by atoms with Gasteiger partial charge in [0, 0.05) is 11.6 Å². The predicted octanol–water partition coefficient (Wildman–Crippen LogP) is 4.16. The lowest BCUT2D eigenvalue weighted by atomic mass is 9.85. The summed E-state index contributed by atoms with van der Waals surface area (Å²) in [5.74, 6) is 0.144. The lowest BCUT2D eigenvalue weighted by Crippen LogP contribution is -2.30. The number of halogens is 2. The second-order valence-corrected chi connectivity index (χ2v) is 10.8. The van der Waals surface area contributed by atoms with E-state index in [-0.39, 0.29) is 21.0 Å². The van der Waals surface area contributed by atoms with Gasteiger partial charge in [-0.25, -0.2) is 5.43 Å². The standard InChI is InChI=1S/C18H21Br2N3O2/c1-11(22-23-16(25)17(2)10-18(17,19)20)12-6-8-14(9-7-12)21-15(24)13-4-3-5-13/h6-9,13H,3-5,10H2,1-2H3,(H,21,24)(H,23,25)/b22-11-/t17-/m1/s1. The van der Waals surface area contributed by atoms with E-state index in [0.29, 0.717) is 5.71 Å². The molecule has 1 aromatic rings. The monoisotopic (exact) mass is 469 g/mol. The first-order valence-electron chi connectivity index (χ1n) is 8.37. The van der Waals surface area contributed by atoms with Crippen LogP contribution < -0.4 is 10.7 Å². The van der Waals surface area contributed by atoms with Crippen molar-refractivity contribution in [1.82, 2.24) is 5.43 Å². The van der Waals surface area contributed by atoms with Gasteiger partial charge in [0.2, 0.25) is 11.8 Å². The highest BCUT2D eigenvalue weighted by molar-refractivity contribution is 9.25. The Labute approximate surface area is 164 Å². The smallest absolute Gasteiger partial charge is 0.248 e. The van der Waals surface area contributed by atoms with E-state index in [1.54, 1.807) is 0 Å². The van der Waals surface area contributed by atoms with Crippen molar-refractivity contribution in [1.29, 1.82) is 0 Å². The molecule has 1 aromatic carbocycles. The second-order valence-electron chi connectivity index (χ2n) is 7.05. The van der Waals surface area contributed by atoms with Crippen LogP contribution in [-0.4, -0.2) is 20.8 Å². The molecule has 2 fully saturated rings. The Morgan fingerprint density at radius 2 is 1.80 bits per heavy atom. The van der Waals surface area contributed by atoms with Crippen LogP contribution in [0.4, 0.5) is 5.69 Å². The third-order valence-corrected chi connectivity index (χ3v) is 7.44. The van der Waals surface area contributed by atoms with Crippen molar-refractivity contribution in [3.05, 3.63) is 29.8 Å². The molecule has 7 heteroatoms. The van der Waals surface area contributed by atoms with Crippen LogP contribution in [0.5, 0.6) is 0 Å². The Hall–Kier alpha value is -1.21. The van der Waals surface area contributed by atoms with Gasteiger partial charge in [0.05, 0.1) is 14.4 Å². The first-order chi connectivity index (χ1) is 11.7. The maximum Gasteiger partial charge on any atom is 0.248 e. The molecule has 0 radical (unpaired) electrons. The first kappa shape index (κ1) is 18.6. The van der Waals surface area contributed by atoms with E-state index < -0.39 is 5.41 Å². The molecule has 0 heterocycles. The molecule has 0 aromatic heterocycles. The lowest BCUT2D eigenvalue weighted by Gasteiger charge is -2.24. The number of benzene rings is 1. The summed E-state index contributed by atoms with van der Waals surface area (Å²) in [5.41, 5.74) is 4.53. The highest BCUT2D eigenvalue weighted by Gasteiger charge is 2.66. The maximum atomic E-state index is 12.2. The highest BCUT2D eigenvalue weighted by atomic mass is 79.9. The molecule has 2 aliphatic carbocycles. The SMILES string of the molecule is C/C(=N/NC(=O)[C@@]1(C)CC1(Br)Br)c1ccc(NC(=O)C2CCC2)cc1. The van der Waals surface area contributed by atoms with Gasteiger partial charge >= 0.3 is 0 Å². The van der Waals surface area contributed by atoms with Crippen LogP contribution in [0.15, 0.2) is 29.4 Å². The van der Waals surface area contributed by atoms with Gasteiger partial charge in [-0.2, -0.15) is 5.10 Å². The summed E-state index contributed by atoms with van der Waals surface area (Å²) in [7, 11) is 0. The molecule has 0 bridgehead atoms. The van der Waals surface area contributed by atoms with Crippen molar-refractivity contribution in [3.63, 3.8) is 0 Å². The minimum Gasteiger partial charge on any atom is -0.326 e. The highest BCUT2D eigenvalue weighted by Crippen LogP contribution is 2.66. The van der Waals surface area contributed by atoms with E-state index >= 15 is 0 Å². The molecule has 25 heavy (non-hydrogen) atoms. The number of carbonyl (C=O) groups is 2. The molecule has 2 aliphatic rings. The van der Waals surface area contributed by atoms with Crippen LogP contribution in [0.25, 0.3) is 0 Å². The van der Waals surface area contributed by atoms with Crippen LogP contribution >= 0.6 is 31.9 Å². The molecular weight excluding hydrogens is 450 g/mol. The summed E-state index contributed by atoms with van der Waals surface area (Å²) in [4.78, 5) is 24.2. The van der Waals surface area contributed by atoms with E-state index in [2.05, 4.69) is 47.7 Å². The number of hydrazone groups is 1. The molecule has 1 atom stereocenters. The average Bonchev–Trinajstić information content (AvgIpc) is 3.03. The predicted molar refractivity (Wildman–Crippen MR) is 106 cm³/mol. The summed E-state index contributed by atoms with van der Waals surface area (Å²) in [6.07, 6.45) is 3.83. The Bertz CT molecular complexity index is 726. The van der Waals surface area contributed by atoms with Crippen LogP contribution in [0.3, 0.4) is 0 Å². The van der Waals surface area contributed by atoms with Crippen LogP contribution in [0.2, 0.25) is 0 Å². The molecule has 5 nitrogen and oxygen atoms in total. The molecule has 0 aliphatic heterocycles. The molecular formula is C18H21Br2N3O2. The van der Waals surface area contributed by atoms with Crippen LogP contribution in [-0.2, 0) is 9.59 Å². The van der Waals surface area contributed by atoms with Gasteiger partial charge < -0.3 is 5.32 Å². The lowest BCUT2D eigenvalue weighted by molar-refractivity contribution is -0.125. The zero-order valence-corrected chi connectivity index (χ0v) is 17.4. The summed E-state index contributed by atoms with van der Waals surface area (Å²) < 4.78 is -0.333. The van der Waals surface area contributed by atoms with Crippen molar-refractivity contribution in [2.75, 3.05) is 5.32 Å². The molecule has 3 rings (SSSR count). The van der Waals surface area contributed by atoms with Gasteiger partial charge in [0.1, 0.15) is 0 Å². The molecule has 0 unspecified atom stereocenters. The molecule has 2 N–H and O–H groups in total. The summed E-state index contributed by atoms with van der Waals surface area (Å²) in [5, 5.41) is 7.13. The number of carbonyl (C=O) groups excluding carboxylic acids is 2. The van der Waals surface area contributed by atoms with Crippen molar-refractivity contribution in [2.45, 2.75) is 42.8 Å². The normalized spacial score (nSPS) is 25.0. The summed E-state index contributed by atoms with van der Waals surface area (Å²) in [6, 6.07) is 7.49. The van der Waals surface area contributed by atoms with Gasteiger partial charge in [-0.1, -0.05) is 50.4 Å². The number of amides is 2. The third-order valence-electron chi connectivity index (χ3n) is 5.13. The minimum absolute atomic E-state index is 0.0994. The van der Waals surface area contributed by atoms with Crippen molar-refractivity contribution < 1.29 is 9.59 Å². The number of hydrogen-bond acceptors (Lipinski definition) is 3. The second kappa shape index (κ2) is 6.83. The third kappa shape index (κ3) is 3.82. The molecule has 2 saturated carbocycles. The van der Waals surface area contributed by atoms with Gasteiger partial charge in [-0.15, -0.1) is 0 Å². The zero-order chi connectivity index (χ0) is 18.2. The van der Waals surface area contributed by atoms with Crippen molar-refractivity contribution in [2.24, 2.45) is 16.4 Å². The Balaban J connectivity index is 1.57. The molecule has 0 saturated heterocycles. The van der Waals surface area contributed by atoms with Crippen LogP contribution in [0, 0.1) is 11.3 Å². The molecule has 134 valence electrons. The number of alkyl halides is 2. The minimum atomic E-state index is -0.494. The largest absolute Gasteiger partial charge is 0.326 e. The van der Waals surface area contributed by atoms with Gasteiger partial charge in [0.25, 0.3) is 0 Å².